The molecule has 0 saturated carbocycles. The maximum absolute atomic E-state index is 9.00. The number of hydrogen-bond donors (Lipinski definition) is 4. The summed E-state index contributed by atoms with van der Waals surface area (Å²) in [6, 6.07) is 0. The van der Waals surface area contributed by atoms with E-state index >= 15 is 0 Å². The normalized spacial score (nSPS) is 5.26. The Labute approximate surface area is 185 Å². The van der Waals surface area contributed by atoms with Crippen LogP contribution in [0.15, 0.2) is 0 Å². The van der Waals surface area contributed by atoms with Crippen molar-refractivity contribution < 1.29 is 39.6 Å². The van der Waals surface area contributed by atoms with Gasteiger partial charge >= 0.3 is 96.9 Å². The Balaban J connectivity index is -0.0000000192. The van der Waals surface area contributed by atoms with Gasteiger partial charge in [-0.05, 0) is 0 Å². The van der Waals surface area contributed by atoms with Crippen molar-refractivity contribution >= 4 is 121 Å². The molecule has 0 fully saturated rings. The van der Waals surface area contributed by atoms with Crippen molar-refractivity contribution in [2.45, 2.75) is 27.7 Å². The molecule has 0 unspecified atom stereocenters. The van der Waals surface area contributed by atoms with E-state index in [2.05, 4.69) is 0 Å². The molecule has 19 heavy (non-hydrogen) atoms. The van der Waals surface area contributed by atoms with Gasteiger partial charge in [-0.25, -0.2) is 0 Å². The molecule has 0 heterocycles. The molecule has 4 N–H and O–H groups in total. The number of rotatable bonds is 0. The Morgan fingerprint density at radius 3 is 0.526 bits per heavy atom. The molecule has 0 bridgehead atoms. The van der Waals surface area contributed by atoms with Gasteiger partial charge in [0.25, 0.3) is 23.9 Å². The van der Waals surface area contributed by atoms with Gasteiger partial charge in [0.15, 0.2) is 0 Å². The van der Waals surface area contributed by atoms with E-state index in [1.165, 1.54) is 0 Å². The third kappa shape index (κ3) is 4330. The number of carboxylic acid groups (broad SMARTS) is 4. The summed E-state index contributed by atoms with van der Waals surface area (Å²) in [4.78, 5) is 36.0. The Morgan fingerprint density at radius 1 is 0.526 bits per heavy atom. The van der Waals surface area contributed by atoms with Gasteiger partial charge in [-0.15, -0.1) is 0 Å². The number of aliphatic carboxylic acids is 4. The van der Waals surface area contributed by atoms with E-state index in [1.807, 2.05) is 0 Å². The fourth-order valence-corrected chi connectivity index (χ4v) is 0. The SMILES string of the molecule is CC(=O)O.CC(=O)O.CC(=O)O.CC(=O)O.[CaH2].[NaH].[NaH]. The standard InChI is InChI=1S/4C2H4O2.Ca.2Na.4H/c4*1-2(3)4;;;;;;;/h4*1H3,(H,3,4);;;;;;;. The van der Waals surface area contributed by atoms with Crippen LogP contribution in [0.25, 0.3) is 0 Å². The van der Waals surface area contributed by atoms with Crippen LogP contribution in [0, 0.1) is 0 Å². The van der Waals surface area contributed by atoms with Crippen molar-refractivity contribution in [3.05, 3.63) is 0 Å². The Bertz CT molecular complexity index is 171. The first-order valence-electron chi connectivity index (χ1n) is 3.71. The van der Waals surface area contributed by atoms with Gasteiger partial charge in [0, 0.05) is 27.7 Å². The van der Waals surface area contributed by atoms with Crippen LogP contribution in [0.1, 0.15) is 27.7 Å². The zero-order valence-electron chi connectivity index (χ0n) is 9.42. The van der Waals surface area contributed by atoms with E-state index in [1.54, 1.807) is 0 Å². The zero-order chi connectivity index (χ0) is 14.3. The van der Waals surface area contributed by atoms with Crippen molar-refractivity contribution in [1.82, 2.24) is 0 Å². The number of carboxylic acids is 4. The van der Waals surface area contributed by atoms with E-state index in [-0.39, 0.29) is 96.9 Å². The quantitative estimate of drug-likeness (QED) is 0.378. The predicted octanol–water partition coefficient (Wildman–Crippen LogP) is -1.85. The summed E-state index contributed by atoms with van der Waals surface area (Å²) in [5, 5.41) is 29.7. The first-order valence-corrected chi connectivity index (χ1v) is 3.71. The monoisotopic (exact) mass is 330 g/mol. The topological polar surface area (TPSA) is 149 Å². The third-order valence-corrected chi connectivity index (χ3v) is 0. The summed E-state index contributed by atoms with van der Waals surface area (Å²) in [6.07, 6.45) is 0. The minimum atomic E-state index is -0.833. The minimum absolute atomic E-state index is 0. The molecule has 0 saturated heterocycles. The second-order valence-electron chi connectivity index (χ2n) is 2.08. The van der Waals surface area contributed by atoms with Gasteiger partial charge in [-0.2, -0.15) is 0 Å². The first kappa shape index (κ1) is 42.7. The molecule has 0 aromatic rings. The van der Waals surface area contributed by atoms with Crippen LogP contribution >= 0.6 is 0 Å². The van der Waals surface area contributed by atoms with Gasteiger partial charge in [-0.3, -0.25) is 19.2 Å². The molecule has 0 aliphatic carbocycles. The van der Waals surface area contributed by atoms with Crippen molar-refractivity contribution in [3.8, 4) is 0 Å². The molecule has 104 valence electrons. The van der Waals surface area contributed by atoms with Gasteiger partial charge in [0.05, 0.1) is 0 Å². The van der Waals surface area contributed by atoms with E-state index in [0.29, 0.717) is 0 Å². The van der Waals surface area contributed by atoms with Gasteiger partial charge in [-0.1, -0.05) is 0 Å². The summed E-state index contributed by atoms with van der Waals surface area (Å²) < 4.78 is 0. The molecular weight excluding hydrogens is 310 g/mol. The van der Waals surface area contributed by atoms with Crippen molar-refractivity contribution in [1.29, 1.82) is 0 Å². The molecular formula is C8H20CaNa2O8. The molecule has 11 heteroatoms. The molecule has 0 aliphatic heterocycles. The molecule has 0 aromatic heterocycles. The van der Waals surface area contributed by atoms with Crippen LogP contribution in [0.4, 0.5) is 0 Å². The molecule has 0 radical (unpaired) electrons. The Hall–Kier alpha value is 1.14. The molecule has 0 aromatic carbocycles. The number of hydrogen-bond acceptors (Lipinski definition) is 4. The van der Waals surface area contributed by atoms with Crippen LogP contribution in [-0.4, -0.2) is 141 Å². The average Bonchev–Trinajstić information content (AvgIpc) is 1.76. The van der Waals surface area contributed by atoms with Crippen molar-refractivity contribution in [2.24, 2.45) is 0 Å². The van der Waals surface area contributed by atoms with Gasteiger partial charge < -0.3 is 20.4 Å². The van der Waals surface area contributed by atoms with E-state index < -0.39 is 23.9 Å². The van der Waals surface area contributed by atoms with E-state index in [0.717, 1.165) is 27.7 Å². The van der Waals surface area contributed by atoms with Gasteiger partial charge in [0.2, 0.25) is 0 Å². The van der Waals surface area contributed by atoms with Crippen molar-refractivity contribution in [3.63, 3.8) is 0 Å². The predicted molar refractivity (Wildman–Crippen MR) is 76.1 cm³/mol. The average molecular weight is 330 g/mol. The molecule has 0 spiro atoms. The Morgan fingerprint density at radius 2 is 0.526 bits per heavy atom. The van der Waals surface area contributed by atoms with Crippen LogP contribution in [0.2, 0.25) is 0 Å². The summed E-state index contributed by atoms with van der Waals surface area (Å²) in [6.45, 7) is 4.33. The summed E-state index contributed by atoms with van der Waals surface area (Å²) in [5.74, 6) is -3.33. The van der Waals surface area contributed by atoms with Crippen LogP contribution in [0.5, 0.6) is 0 Å². The zero-order valence-corrected chi connectivity index (χ0v) is 9.42. The second-order valence-corrected chi connectivity index (χ2v) is 2.08. The summed E-state index contributed by atoms with van der Waals surface area (Å²) in [7, 11) is 0. The molecule has 0 atom stereocenters. The number of carbonyl (C=O) groups is 4. The summed E-state index contributed by atoms with van der Waals surface area (Å²) >= 11 is 0. The van der Waals surface area contributed by atoms with E-state index in [9.17, 15) is 0 Å². The molecule has 0 rings (SSSR count). The van der Waals surface area contributed by atoms with Crippen LogP contribution < -0.4 is 0 Å². The van der Waals surface area contributed by atoms with Crippen LogP contribution in [-0.2, 0) is 19.2 Å². The van der Waals surface area contributed by atoms with Crippen molar-refractivity contribution in [2.75, 3.05) is 0 Å². The van der Waals surface area contributed by atoms with Crippen LogP contribution in [0.3, 0.4) is 0 Å². The third-order valence-electron chi connectivity index (χ3n) is 0. The fraction of sp³-hybridized carbons (Fsp3) is 0.500. The maximum atomic E-state index is 9.00. The fourth-order valence-electron chi connectivity index (χ4n) is 0. The van der Waals surface area contributed by atoms with E-state index in [4.69, 9.17) is 39.6 Å². The molecule has 0 aliphatic rings. The second kappa shape index (κ2) is 36.5. The Kier molecular flexibility index (Phi) is 82.0. The summed E-state index contributed by atoms with van der Waals surface area (Å²) in [5.41, 5.74) is 0. The van der Waals surface area contributed by atoms with Gasteiger partial charge in [0.1, 0.15) is 0 Å². The molecule has 8 nitrogen and oxygen atoms in total. The first-order chi connectivity index (χ1) is 6.93. The molecule has 0 amide bonds.